The number of ether oxygens (including phenoxy) is 1. The molecular weight excluding hydrogens is 328 g/mol. The summed E-state index contributed by atoms with van der Waals surface area (Å²) >= 11 is 9.97. The molecule has 0 spiro atoms. The molecule has 1 N–H and O–H groups in total. The summed E-state index contributed by atoms with van der Waals surface area (Å²) in [5.41, 5.74) is 2.41. The highest BCUT2D eigenvalue weighted by Gasteiger charge is 2.24. The lowest BCUT2D eigenvalue weighted by molar-refractivity contribution is 0.415. The lowest BCUT2D eigenvalue weighted by atomic mass is 10.1. The molecule has 1 saturated heterocycles. The quantitative estimate of drug-likeness (QED) is 0.891. The summed E-state index contributed by atoms with van der Waals surface area (Å²) in [5, 5.41) is 5.34. The SMILES string of the molecule is COc1cc2c(Br)c(C3CCCN3)n(C)c2cc1Cl. The van der Waals surface area contributed by atoms with Crippen LogP contribution in [0.2, 0.25) is 5.02 Å². The molecule has 5 heteroatoms. The summed E-state index contributed by atoms with van der Waals surface area (Å²) in [7, 11) is 3.73. The fourth-order valence-corrected chi connectivity index (χ4v) is 3.97. The van der Waals surface area contributed by atoms with Crippen LogP contribution in [0.1, 0.15) is 24.6 Å². The molecule has 1 fully saturated rings. The highest BCUT2D eigenvalue weighted by molar-refractivity contribution is 9.10. The second-order valence-electron chi connectivity index (χ2n) is 4.91. The van der Waals surface area contributed by atoms with Gasteiger partial charge in [-0.25, -0.2) is 0 Å². The van der Waals surface area contributed by atoms with Gasteiger partial charge in [0.15, 0.2) is 0 Å². The molecule has 1 aromatic carbocycles. The molecule has 3 nitrogen and oxygen atoms in total. The molecule has 0 bridgehead atoms. The number of rotatable bonds is 2. The van der Waals surface area contributed by atoms with Crippen LogP contribution in [0.3, 0.4) is 0 Å². The first-order valence-corrected chi connectivity index (χ1v) is 7.55. The van der Waals surface area contributed by atoms with Crippen molar-refractivity contribution in [1.82, 2.24) is 9.88 Å². The number of hydrogen-bond donors (Lipinski definition) is 1. The number of methoxy groups -OCH3 is 1. The number of hydrogen-bond acceptors (Lipinski definition) is 2. The maximum atomic E-state index is 6.23. The molecule has 1 unspecified atom stereocenters. The highest BCUT2D eigenvalue weighted by Crippen LogP contribution is 2.40. The van der Waals surface area contributed by atoms with Gasteiger partial charge >= 0.3 is 0 Å². The summed E-state index contributed by atoms with van der Waals surface area (Å²) in [4.78, 5) is 0. The van der Waals surface area contributed by atoms with E-state index in [1.807, 2.05) is 12.1 Å². The van der Waals surface area contributed by atoms with E-state index in [9.17, 15) is 0 Å². The van der Waals surface area contributed by atoms with Crippen molar-refractivity contribution >= 4 is 38.4 Å². The molecule has 1 aliphatic rings. The normalized spacial score (nSPS) is 19.3. The van der Waals surface area contributed by atoms with Gasteiger partial charge in [-0.3, -0.25) is 0 Å². The molecule has 0 saturated carbocycles. The topological polar surface area (TPSA) is 26.2 Å². The molecule has 0 amide bonds. The fraction of sp³-hybridized carbons (Fsp3) is 0.429. The smallest absolute Gasteiger partial charge is 0.138 e. The van der Waals surface area contributed by atoms with Gasteiger partial charge < -0.3 is 14.6 Å². The van der Waals surface area contributed by atoms with Crippen LogP contribution in [0.4, 0.5) is 0 Å². The predicted octanol–water partition coefficient (Wildman–Crippen LogP) is 4.03. The predicted molar refractivity (Wildman–Crippen MR) is 82.2 cm³/mol. The van der Waals surface area contributed by atoms with Crippen molar-refractivity contribution in [2.24, 2.45) is 7.05 Å². The van der Waals surface area contributed by atoms with E-state index in [0.29, 0.717) is 16.8 Å². The minimum Gasteiger partial charge on any atom is -0.495 e. The van der Waals surface area contributed by atoms with Crippen molar-refractivity contribution in [3.63, 3.8) is 0 Å². The molecule has 0 radical (unpaired) electrons. The number of nitrogens with zero attached hydrogens (tertiary/aromatic N) is 1. The summed E-state index contributed by atoms with van der Waals surface area (Å²) < 4.78 is 8.66. The Kier molecular flexibility index (Phi) is 3.50. The minimum absolute atomic E-state index is 0.413. The first-order valence-electron chi connectivity index (χ1n) is 6.38. The van der Waals surface area contributed by atoms with Crippen molar-refractivity contribution in [2.45, 2.75) is 18.9 Å². The van der Waals surface area contributed by atoms with E-state index in [4.69, 9.17) is 16.3 Å². The number of benzene rings is 1. The molecular formula is C14H16BrClN2O. The Balaban J connectivity index is 2.24. The van der Waals surface area contributed by atoms with Crippen LogP contribution in [0.15, 0.2) is 16.6 Å². The average molecular weight is 344 g/mol. The van der Waals surface area contributed by atoms with Gasteiger partial charge in [-0.05, 0) is 47.4 Å². The van der Waals surface area contributed by atoms with Gasteiger partial charge in [0.25, 0.3) is 0 Å². The Bertz CT molecular complexity index is 632. The zero-order valence-electron chi connectivity index (χ0n) is 11.0. The van der Waals surface area contributed by atoms with Crippen LogP contribution in [-0.2, 0) is 7.05 Å². The highest BCUT2D eigenvalue weighted by atomic mass is 79.9. The third kappa shape index (κ3) is 2.06. The van der Waals surface area contributed by atoms with Gasteiger partial charge in [0, 0.05) is 28.6 Å². The Morgan fingerprint density at radius 1 is 1.47 bits per heavy atom. The van der Waals surface area contributed by atoms with Crippen molar-refractivity contribution < 1.29 is 4.74 Å². The monoisotopic (exact) mass is 342 g/mol. The summed E-state index contributed by atoms with van der Waals surface area (Å²) in [6, 6.07) is 4.38. The van der Waals surface area contributed by atoms with Crippen LogP contribution in [-0.4, -0.2) is 18.2 Å². The van der Waals surface area contributed by atoms with E-state index >= 15 is 0 Å². The maximum absolute atomic E-state index is 6.23. The number of halogens is 2. The van der Waals surface area contributed by atoms with E-state index < -0.39 is 0 Å². The Labute approximate surface area is 126 Å². The Morgan fingerprint density at radius 3 is 2.89 bits per heavy atom. The second kappa shape index (κ2) is 5.00. The molecule has 1 aromatic heterocycles. The van der Waals surface area contributed by atoms with Crippen LogP contribution in [0.25, 0.3) is 10.9 Å². The molecule has 0 aliphatic carbocycles. The van der Waals surface area contributed by atoms with Crippen LogP contribution < -0.4 is 10.1 Å². The standard InChI is InChI=1S/C14H16BrClN2O/c1-18-11-7-9(16)12(19-2)6-8(11)13(15)14(18)10-4-3-5-17-10/h6-7,10,17H,3-5H2,1-2H3. The lowest BCUT2D eigenvalue weighted by Crippen LogP contribution is -2.16. The largest absolute Gasteiger partial charge is 0.495 e. The average Bonchev–Trinajstić information content (AvgIpc) is 2.98. The molecule has 3 rings (SSSR count). The molecule has 19 heavy (non-hydrogen) atoms. The maximum Gasteiger partial charge on any atom is 0.138 e. The van der Waals surface area contributed by atoms with Crippen LogP contribution in [0, 0.1) is 0 Å². The Morgan fingerprint density at radius 2 is 2.26 bits per heavy atom. The van der Waals surface area contributed by atoms with Crippen molar-refractivity contribution in [3.05, 3.63) is 27.3 Å². The van der Waals surface area contributed by atoms with Crippen molar-refractivity contribution in [1.29, 1.82) is 0 Å². The minimum atomic E-state index is 0.413. The van der Waals surface area contributed by atoms with Gasteiger partial charge in [-0.2, -0.15) is 0 Å². The summed E-state index contributed by atoms with van der Waals surface area (Å²) in [6.07, 6.45) is 2.40. The van der Waals surface area contributed by atoms with Crippen LogP contribution in [0.5, 0.6) is 5.75 Å². The fourth-order valence-electron chi connectivity index (χ4n) is 2.87. The third-order valence-corrected chi connectivity index (χ3v) is 4.97. The van der Waals surface area contributed by atoms with Gasteiger partial charge in [0.05, 0.1) is 17.6 Å². The van der Waals surface area contributed by atoms with E-state index in [2.05, 4.69) is 32.9 Å². The van der Waals surface area contributed by atoms with E-state index in [1.54, 1.807) is 7.11 Å². The number of aromatic nitrogens is 1. The number of aryl methyl sites for hydroxylation is 1. The molecule has 102 valence electrons. The molecule has 2 heterocycles. The third-order valence-electron chi connectivity index (χ3n) is 3.84. The van der Waals surface area contributed by atoms with Crippen molar-refractivity contribution in [3.8, 4) is 5.75 Å². The Hall–Kier alpha value is -0.710. The molecule has 1 aliphatic heterocycles. The zero-order chi connectivity index (χ0) is 13.6. The van der Waals surface area contributed by atoms with Crippen LogP contribution >= 0.6 is 27.5 Å². The first kappa shape index (κ1) is 13.3. The van der Waals surface area contributed by atoms with E-state index in [-0.39, 0.29) is 0 Å². The first-order chi connectivity index (χ1) is 9.13. The van der Waals surface area contributed by atoms with Gasteiger partial charge in [-0.1, -0.05) is 11.6 Å². The van der Waals surface area contributed by atoms with Crippen molar-refractivity contribution in [2.75, 3.05) is 13.7 Å². The van der Waals surface area contributed by atoms with E-state index in [1.165, 1.54) is 18.5 Å². The second-order valence-corrected chi connectivity index (χ2v) is 6.11. The van der Waals surface area contributed by atoms with Gasteiger partial charge in [0.1, 0.15) is 5.75 Å². The zero-order valence-corrected chi connectivity index (χ0v) is 13.3. The van der Waals surface area contributed by atoms with Gasteiger partial charge in [-0.15, -0.1) is 0 Å². The summed E-state index contributed by atoms with van der Waals surface area (Å²) in [5.74, 6) is 0.714. The lowest BCUT2D eigenvalue weighted by Gasteiger charge is -2.13. The van der Waals surface area contributed by atoms with Gasteiger partial charge in [0.2, 0.25) is 0 Å². The number of nitrogens with one attached hydrogen (secondary N) is 1. The number of fused-ring (bicyclic) bond motifs is 1. The molecule has 2 aromatic rings. The van der Waals surface area contributed by atoms with E-state index in [0.717, 1.165) is 21.9 Å². The summed E-state index contributed by atoms with van der Waals surface area (Å²) in [6.45, 7) is 1.09. The molecule has 1 atom stereocenters.